The molecular weight excluding hydrogens is 916 g/mol. The highest BCUT2D eigenvalue weighted by atomic mass is 35.5. The summed E-state index contributed by atoms with van der Waals surface area (Å²) in [5.41, 5.74) is 16.8. The maximum atomic E-state index is 14.4. The van der Waals surface area contributed by atoms with E-state index in [0.29, 0.717) is 67.5 Å². The number of alkyl halides is 4. The second kappa shape index (κ2) is 18.2. The third kappa shape index (κ3) is 9.45. The minimum Gasteiger partial charge on any atom is -0.482 e. The molecule has 336 valence electrons. The van der Waals surface area contributed by atoms with E-state index in [1.54, 1.807) is 79.0 Å². The molecule has 6 unspecified atom stereocenters. The van der Waals surface area contributed by atoms with E-state index in [1.165, 1.54) is 0 Å². The van der Waals surface area contributed by atoms with Crippen LogP contribution in [0.3, 0.4) is 0 Å². The quantitative estimate of drug-likeness (QED) is 0.104. The molecule has 3 aromatic heterocycles. The van der Waals surface area contributed by atoms with Gasteiger partial charge in [0.05, 0.1) is 23.4 Å². The maximum absolute atomic E-state index is 14.4. The highest BCUT2D eigenvalue weighted by Gasteiger charge is 2.60. The Bertz CT molecular complexity index is 2610. The van der Waals surface area contributed by atoms with Crippen molar-refractivity contribution in [2.24, 2.45) is 5.73 Å². The molecule has 0 amide bonds. The Hall–Kier alpha value is -4.83. The van der Waals surface area contributed by atoms with E-state index < -0.39 is 36.3 Å². The molecule has 10 nitrogen and oxygen atoms in total. The number of nitrogen functional groups attached to an aromatic ring is 1. The maximum Gasteiger partial charge on any atom is 0.417 e. The summed E-state index contributed by atoms with van der Waals surface area (Å²) in [6.07, 6.45) is -0.613. The van der Waals surface area contributed by atoms with E-state index in [4.69, 9.17) is 72.1 Å². The molecule has 6 heterocycles. The molecule has 5 N–H and O–H groups in total. The number of nitrogens with one attached hydrogen (secondary N) is 1. The van der Waals surface area contributed by atoms with Crippen molar-refractivity contribution in [3.05, 3.63) is 145 Å². The Morgan fingerprint density at radius 2 is 1.56 bits per heavy atom. The molecule has 3 aliphatic heterocycles. The first-order chi connectivity index (χ1) is 30.4. The zero-order valence-corrected chi connectivity index (χ0v) is 37.7. The summed E-state index contributed by atoms with van der Waals surface area (Å²) in [6, 6.07) is 17.4. The summed E-state index contributed by atoms with van der Waals surface area (Å²) in [7, 11) is 0. The molecule has 0 bridgehead atoms. The van der Waals surface area contributed by atoms with Crippen LogP contribution in [-0.4, -0.2) is 58.6 Å². The van der Waals surface area contributed by atoms with E-state index >= 15 is 0 Å². The number of anilines is 2. The van der Waals surface area contributed by atoms with Gasteiger partial charge < -0.3 is 35.9 Å². The molecule has 8 rings (SSSR count). The number of hydrogen-bond donors (Lipinski definition) is 3. The molecule has 0 spiro atoms. The van der Waals surface area contributed by atoms with E-state index in [2.05, 4.69) is 20.3 Å². The van der Waals surface area contributed by atoms with Crippen LogP contribution in [0.5, 0.6) is 5.75 Å². The van der Waals surface area contributed by atoms with Gasteiger partial charge in [0.25, 0.3) is 0 Å². The van der Waals surface area contributed by atoms with Crippen LogP contribution in [-0.2, 0) is 15.9 Å². The fourth-order valence-corrected chi connectivity index (χ4v) is 9.11. The molecular formula is C46H43Cl4F4N7O3. The van der Waals surface area contributed by atoms with Crippen molar-refractivity contribution >= 4 is 63.5 Å². The van der Waals surface area contributed by atoms with Crippen molar-refractivity contribution in [2.75, 3.05) is 30.3 Å². The average Bonchev–Trinajstić information content (AvgIpc) is 3.68. The molecule has 64 heavy (non-hydrogen) atoms. The topological polar surface area (TPSA) is 134 Å². The van der Waals surface area contributed by atoms with Gasteiger partial charge in [-0.05, 0) is 86.5 Å². The van der Waals surface area contributed by atoms with E-state index in [0.717, 1.165) is 18.1 Å². The summed E-state index contributed by atoms with van der Waals surface area (Å²) >= 11 is 27.0. The number of halogens is 8. The molecule has 6 atom stereocenters. The molecule has 3 aliphatic rings. The van der Waals surface area contributed by atoms with Gasteiger partial charge in [0.2, 0.25) is 0 Å². The molecule has 18 heteroatoms. The zero-order valence-electron chi connectivity index (χ0n) is 34.7. The smallest absolute Gasteiger partial charge is 0.417 e. The third-order valence-electron chi connectivity index (χ3n) is 11.8. The molecule has 2 aromatic carbocycles. The minimum atomic E-state index is -4.46. The van der Waals surface area contributed by atoms with Crippen molar-refractivity contribution in [3.8, 4) is 16.9 Å². The first-order valence-corrected chi connectivity index (χ1v) is 21.9. The lowest BCUT2D eigenvalue weighted by Gasteiger charge is -2.46. The number of aromatic nitrogens is 3. The molecule has 0 aliphatic carbocycles. The van der Waals surface area contributed by atoms with Crippen LogP contribution in [0.1, 0.15) is 73.4 Å². The summed E-state index contributed by atoms with van der Waals surface area (Å²) < 4.78 is 72.7. The normalized spacial score (nSPS) is 22.2. The molecule has 0 radical (unpaired) electrons. The van der Waals surface area contributed by atoms with Gasteiger partial charge in [0.1, 0.15) is 24.2 Å². The Morgan fingerprint density at radius 1 is 0.859 bits per heavy atom. The number of hydrogen-bond acceptors (Lipinski definition) is 10. The first kappa shape index (κ1) is 45.7. The van der Waals surface area contributed by atoms with Gasteiger partial charge in [-0.25, -0.2) is 9.37 Å². The number of allylic oxidation sites excluding steroid dienone is 1. The van der Waals surface area contributed by atoms with Crippen LogP contribution in [0.15, 0.2) is 96.9 Å². The lowest BCUT2D eigenvalue weighted by Crippen LogP contribution is -2.58. The van der Waals surface area contributed by atoms with Gasteiger partial charge in [0, 0.05) is 99.1 Å². The number of nitrogens with two attached hydrogens (primary N) is 2. The van der Waals surface area contributed by atoms with Crippen LogP contribution >= 0.6 is 46.4 Å². The lowest BCUT2D eigenvalue weighted by molar-refractivity contribution is -0.342. The standard InChI is InChI=1S/C46H43Cl4F4N7O3/c1-23(33-12-29(47)6-8-36(33)49)63-41-11-28(26-4-7-31(58-17-26)15-32-16-45(3,64-32)46(52,53)54)22-61(44(41)56)39-14-30(48)13-34(42(39)50)24(2)62-40-10-27(19-60-43(40)55)25-5-9-38(59-18-25)35-20-57-21-37(35)51/h4-14,17-19,23-24,32,35,37,57H,15-16,20-22,56H2,1-3H3,(H2,55,60). The lowest BCUT2D eigenvalue weighted by atomic mass is 9.88. The van der Waals surface area contributed by atoms with Gasteiger partial charge in [-0.15, -0.1) is 0 Å². The fourth-order valence-electron chi connectivity index (χ4n) is 8.07. The van der Waals surface area contributed by atoms with E-state index in [1.807, 2.05) is 25.1 Å². The Labute approximate surface area is 387 Å². The van der Waals surface area contributed by atoms with Crippen molar-refractivity contribution in [1.82, 2.24) is 20.3 Å². The summed E-state index contributed by atoms with van der Waals surface area (Å²) in [6.45, 7) is 5.67. The van der Waals surface area contributed by atoms with Gasteiger partial charge in [0.15, 0.2) is 22.9 Å². The highest BCUT2D eigenvalue weighted by Crippen LogP contribution is 2.47. The van der Waals surface area contributed by atoms with Gasteiger partial charge >= 0.3 is 6.18 Å². The van der Waals surface area contributed by atoms with Gasteiger partial charge in [-0.2, -0.15) is 13.2 Å². The van der Waals surface area contributed by atoms with Crippen LogP contribution < -0.4 is 26.4 Å². The molecule has 2 saturated heterocycles. The SMILES string of the molecule is CC(OC1=C(N)N(c2cc(Cl)cc(C(C)Oc3cc(-c4ccc(C5CNCC5F)nc4)cnc3N)c2Cl)CC(c2ccc(CC3CC(C)(C(F)(F)F)O3)nc2)=C1)c1cc(Cl)ccc1Cl. The number of pyridine rings is 3. The van der Waals surface area contributed by atoms with E-state index in [9.17, 15) is 17.6 Å². The van der Waals surface area contributed by atoms with Crippen molar-refractivity contribution < 1.29 is 31.8 Å². The van der Waals surface area contributed by atoms with Crippen LogP contribution in [0.2, 0.25) is 20.1 Å². The summed E-state index contributed by atoms with van der Waals surface area (Å²) in [5.74, 6) is 0.616. The first-order valence-electron chi connectivity index (χ1n) is 20.4. The number of nitrogens with zero attached hydrogens (tertiary/aromatic N) is 4. The van der Waals surface area contributed by atoms with E-state index in [-0.39, 0.29) is 53.5 Å². The minimum absolute atomic E-state index is 0.143. The molecule has 0 saturated carbocycles. The largest absolute Gasteiger partial charge is 0.482 e. The fraction of sp³-hybridized carbons (Fsp3) is 0.326. The summed E-state index contributed by atoms with van der Waals surface area (Å²) in [4.78, 5) is 15.2. The van der Waals surface area contributed by atoms with Crippen molar-refractivity contribution in [1.29, 1.82) is 0 Å². The van der Waals surface area contributed by atoms with Crippen LogP contribution in [0.25, 0.3) is 16.7 Å². The Kier molecular flexibility index (Phi) is 13.0. The highest BCUT2D eigenvalue weighted by molar-refractivity contribution is 6.36. The summed E-state index contributed by atoms with van der Waals surface area (Å²) in [5, 5.41) is 4.58. The predicted octanol–water partition coefficient (Wildman–Crippen LogP) is 11.4. The second-order valence-corrected chi connectivity index (χ2v) is 18.0. The Balaban J connectivity index is 1.07. The predicted molar refractivity (Wildman–Crippen MR) is 242 cm³/mol. The number of ether oxygens (including phenoxy) is 3. The van der Waals surface area contributed by atoms with Gasteiger partial charge in [-0.3, -0.25) is 9.97 Å². The van der Waals surface area contributed by atoms with Crippen molar-refractivity contribution in [3.63, 3.8) is 0 Å². The zero-order chi connectivity index (χ0) is 45.7. The number of benzene rings is 2. The second-order valence-electron chi connectivity index (χ2n) is 16.3. The van der Waals surface area contributed by atoms with Crippen molar-refractivity contribution in [2.45, 2.75) is 75.8 Å². The van der Waals surface area contributed by atoms with Gasteiger partial charge in [-0.1, -0.05) is 58.5 Å². The average molecular weight is 960 g/mol. The molecule has 5 aromatic rings. The monoisotopic (exact) mass is 957 g/mol. The van der Waals surface area contributed by atoms with Crippen LogP contribution in [0, 0.1) is 0 Å². The number of rotatable bonds is 12. The molecule has 2 fully saturated rings. The van der Waals surface area contributed by atoms with Crippen LogP contribution in [0.4, 0.5) is 29.1 Å². The third-order valence-corrected chi connectivity index (χ3v) is 13.0. The Morgan fingerprint density at radius 3 is 2.23 bits per heavy atom.